The highest BCUT2D eigenvalue weighted by Gasteiger charge is 2.01. The highest BCUT2D eigenvalue weighted by Crippen LogP contribution is 2.17. The van der Waals surface area contributed by atoms with Crippen molar-refractivity contribution in [3.63, 3.8) is 0 Å². The van der Waals surface area contributed by atoms with E-state index in [4.69, 9.17) is 22.3 Å². The maximum absolute atomic E-state index is 7.01. The molecule has 0 aliphatic carbocycles. The van der Waals surface area contributed by atoms with Crippen LogP contribution in [0.25, 0.3) is 0 Å². The number of thioether (sulfide) groups is 2. The Balaban J connectivity index is 2.68. The van der Waals surface area contributed by atoms with Crippen LogP contribution in [0, 0.1) is 10.8 Å². The molecule has 0 aliphatic heterocycles. The normalized spacial score (nSPS) is 9.71. The molecule has 0 saturated heterocycles. The summed E-state index contributed by atoms with van der Waals surface area (Å²) in [6.45, 7) is 0. The molecule has 1 heterocycles. The van der Waals surface area contributed by atoms with E-state index in [0.29, 0.717) is 10.1 Å². The Morgan fingerprint density at radius 3 is 1.57 bits per heavy atom. The summed E-state index contributed by atoms with van der Waals surface area (Å²) in [4.78, 5) is 0. The van der Waals surface area contributed by atoms with Gasteiger partial charge in [0.1, 0.15) is 10.1 Å². The summed E-state index contributed by atoms with van der Waals surface area (Å²) >= 11 is 2.04. The van der Waals surface area contributed by atoms with E-state index in [1.807, 2.05) is 0 Å². The lowest BCUT2D eigenvalue weighted by Crippen LogP contribution is -2.05. The standard InChI is InChI=1S/C6H8N6S2/c7-5(8)13-3-1-2-4(12-11-3)14-6(9)10/h1-2H,(H3,7,8)(H3,9,10). The molecule has 1 rings (SSSR count). The van der Waals surface area contributed by atoms with E-state index in [1.54, 1.807) is 12.1 Å². The van der Waals surface area contributed by atoms with Crippen LogP contribution in [0.4, 0.5) is 0 Å². The molecule has 14 heavy (non-hydrogen) atoms. The Morgan fingerprint density at radius 1 is 1.00 bits per heavy atom. The van der Waals surface area contributed by atoms with Crippen LogP contribution in [-0.4, -0.2) is 20.5 Å². The van der Waals surface area contributed by atoms with Crippen LogP contribution in [0.2, 0.25) is 0 Å². The van der Waals surface area contributed by atoms with Crippen molar-refractivity contribution >= 4 is 33.9 Å². The zero-order valence-electron chi connectivity index (χ0n) is 7.02. The van der Waals surface area contributed by atoms with Gasteiger partial charge in [-0.1, -0.05) is 0 Å². The molecule has 0 radical (unpaired) electrons. The summed E-state index contributed by atoms with van der Waals surface area (Å²) in [5.41, 5.74) is 10.3. The molecule has 1 aromatic rings. The van der Waals surface area contributed by atoms with Crippen molar-refractivity contribution in [3.8, 4) is 0 Å². The molecular formula is C6H8N6S2. The van der Waals surface area contributed by atoms with Crippen LogP contribution < -0.4 is 11.5 Å². The summed E-state index contributed by atoms with van der Waals surface area (Å²) in [6.07, 6.45) is 0. The SMILES string of the molecule is N=C(N)Sc1ccc(SC(=N)N)nn1. The lowest BCUT2D eigenvalue weighted by molar-refractivity contribution is 0.858. The summed E-state index contributed by atoms with van der Waals surface area (Å²) in [5, 5.41) is 22.6. The van der Waals surface area contributed by atoms with Gasteiger partial charge in [0.15, 0.2) is 10.3 Å². The second-order valence-corrected chi connectivity index (χ2v) is 4.27. The van der Waals surface area contributed by atoms with Gasteiger partial charge in [-0.3, -0.25) is 10.8 Å². The van der Waals surface area contributed by atoms with Crippen molar-refractivity contribution in [2.75, 3.05) is 0 Å². The molecular weight excluding hydrogens is 220 g/mol. The van der Waals surface area contributed by atoms with Gasteiger partial charge in [-0.2, -0.15) is 0 Å². The third-order valence-corrected chi connectivity index (χ3v) is 2.34. The summed E-state index contributed by atoms with van der Waals surface area (Å²) < 4.78 is 0. The van der Waals surface area contributed by atoms with Crippen molar-refractivity contribution < 1.29 is 0 Å². The molecule has 0 aromatic carbocycles. The van der Waals surface area contributed by atoms with Crippen molar-refractivity contribution in [3.05, 3.63) is 12.1 Å². The molecule has 0 aliphatic rings. The molecule has 0 bridgehead atoms. The first kappa shape index (κ1) is 10.8. The van der Waals surface area contributed by atoms with E-state index in [0.717, 1.165) is 23.5 Å². The monoisotopic (exact) mass is 228 g/mol. The van der Waals surface area contributed by atoms with Crippen LogP contribution in [0.1, 0.15) is 0 Å². The highest BCUT2D eigenvalue weighted by molar-refractivity contribution is 8.14. The zero-order chi connectivity index (χ0) is 10.6. The number of hydrogen-bond donors (Lipinski definition) is 4. The van der Waals surface area contributed by atoms with Crippen LogP contribution >= 0.6 is 23.5 Å². The van der Waals surface area contributed by atoms with Gasteiger partial charge in [0.2, 0.25) is 0 Å². The Labute approximate surface area is 88.9 Å². The van der Waals surface area contributed by atoms with Crippen LogP contribution in [0.5, 0.6) is 0 Å². The van der Waals surface area contributed by atoms with Crippen molar-refractivity contribution in [1.29, 1.82) is 10.8 Å². The summed E-state index contributed by atoms with van der Waals surface area (Å²) in [6, 6.07) is 3.34. The lowest BCUT2D eigenvalue weighted by Gasteiger charge is -1.98. The minimum atomic E-state index is -0.0359. The van der Waals surface area contributed by atoms with Crippen molar-refractivity contribution in [2.24, 2.45) is 11.5 Å². The third-order valence-electron chi connectivity index (χ3n) is 1.04. The predicted molar refractivity (Wildman–Crippen MR) is 57.6 cm³/mol. The zero-order valence-corrected chi connectivity index (χ0v) is 8.65. The number of hydrogen-bond acceptors (Lipinski definition) is 6. The van der Waals surface area contributed by atoms with Gasteiger partial charge < -0.3 is 11.5 Å². The fourth-order valence-electron chi connectivity index (χ4n) is 0.642. The van der Waals surface area contributed by atoms with Crippen LogP contribution in [0.15, 0.2) is 22.2 Å². The number of amidine groups is 2. The van der Waals surface area contributed by atoms with Gasteiger partial charge >= 0.3 is 0 Å². The first-order valence-corrected chi connectivity index (χ1v) is 5.08. The van der Waals surface area contributed by atoms with Crippen molar-refractivity contribution in [1.82, 2.24) is 10.2 Å². The van der Waals surface area contributed by atoms with Gasteiger partial charge in [0, 0.05) is 0 Å². The Morgan fingerprint density at radius 2 is 1.36 bits per heavy atom. The van der Waals surface area contributed by atoms with Crippen LogP contribution in [0.3, 0.4) is 0 Å². The van der Waals surface area contributed by atoms with E-state index < -0.39 is 0 Å². The first-order chi connectivity index (χ1) is 6.58. The van der Waals surface area contributed by atoms with E-state index in [-0.39, 0.29) is 10.3 Å². The quantitative estimate of drug-likeness (QED) is 0.331. The number of nitrogens with zero attached hydrogens (tertiary/aromatic N) is 2. The smallest absolute Gasteiger partial charge is 0.157 e. The van der Waals surface area contributed by atoms with Gasteiger partial charge in [-0.15, -0.1) is 10.2 Å². The highest BCUT2D eigenvalue weighted by atomic mass is 32.2. The van der Waals surface area contributed by atoms with E-state index in [9.17, 15) is 0 Å². The Kier molecular flexibility index (Phi) is 3.72. The molecule has 8 heteroatoms. The van der Waals surface area contributed by atoms with Crippen molar-refractivity contribution in [2.45, 2.75) is 10.1 Å². The van der Waals surface area contributed by atoms with Gasteiger partial charge in [-0.05, 0) is 35.7 Å². The third kappa shape index (κ3) is 3.62. The average molecular weight is 228 g/mol. The lowest BCUT2D eigenvalue weighted by atomic mass is 10.6. The maximum atomic E-state index is 7.01. The molecule has 0 unspecified atom stereocenters. The van der Waals surface area contributed by atoms with E-state index in [2.05, 4.69) is 10.2 Å². The number of nitrogens with one attached hydrogen (secondary N) is 2. The average Bonchev–Trinajstić information content (AvgIpc) is 2.06. The van der Waals surface area contributed by atoms with Gasteiger partial charge in [0.25, 0.3) is 0 Å². The van der Waals surface area contributed by atoms with E-state index >= 15 is 0 Å². The van der Waals surface area contributed by atoms with Gasteiger partial charge in [-0.25, -0.2) is 0 Å². The topological polar surface area (TPSA) is 126 Å². The molecule has 0 atom stereocenters. The minimum absolute atomic E-state index is 0.0359. The largest absolute Gasteiger partial charge is 0.378 e. The molecule has 6 N–H and O–H groups in total. The molecule has 1 aromatic heterocycles. The Bertz CT molecular complexity index is 313. The fraction of sp³-hybridized carbons (Fsp3) is 0. The second kappa shape index (κ2) is 4.82. The molecule has 0 fully saturated rings. The molecule has 0 amide bonds. The van der Waals surface area contributed by atoms with Gasteiger partial charge in [0.05, 0.1) is 0 Å². The summed E-state index contributed by atoms with van der Waals surface area (Å²) in [5.74, 6) is 0. The fourth-order valence-corrected chi connectivity index (χ4v) is 1.53. The molecule has 6 nitrogen and oxygen atoms in total. The number of rotatable bonds is 2. The molecule has 0 saturated carbocycles. The van der Waals surface area contributed by atoms with E-state index in [1.165, 1.54) is 0 Å². The Hall–Kier alpha value is -1.28. The molecule has 0 spiro atoms. The second-order valence-electron chi connectivity index (χ2n) is 2.14. The predicted octanol–water partition coefficient (Wildman–Crippen LogP) is 0.448. The first-order valence-electron chi connectivity index (χ1n) is 3.45. The maximum Gasteiger partial charge on any atom is 0.157 e. The number of aromatic nitrogens is 2. The minimum Gasteiger partial charge on any atom is -0.378 e. The van der Waals surface area contributed by atoms with Crippen LogP contribution in [-0.2, 0) is 0 Å². The molecule has 74 valence electrons. The number of nitrogens with two attached hydrogens (primary N) is 2. The summed E-state index contributed by atoms with van der Waals surface area (Å²) in [7, 11) is 0.